The summed E-state index contributed by atoms with van der Waals surface area (Å²) in [4.78, 5) is 9.05. The van der Waals surface area contributed by atoms with E-state index in [2.05, 4.69) is 124 Å². The van der Waals surface area contributed by atoms with E-state index in [1.54, 1.807) is 6.20 Å². The molecule has 0 aliphatic carbocycles. The van der Waals surface area contributed by atoms with Crippen LogP contribution >= 0.6 is 0 Å². The van der Waals surface area contributed by atoms with E-state index in [-0.39, 0.29) is 30.9 Å². The monoisotopic (exact) mass is 880 g/mol. The second kappa shape index (κ2) is 15.7. The van der Waals surface area contributed by atoms with Crippen molar-refractivity contribution in [1.29, 1.82) is 5.26 Å². The number of hydrogen-bond donors (Lipinski definition) is 0. The van der Waals surface area contributed by atoms with E-state index in [0.29, 0.717) is 11.1 Å². The van der Waals surface area contributed by atoms with Gasteiger partial charge in [-0.15, -0.1) is 53.6 Å². The molecule has 0 atom stereocenters. The predicted octanol–water partition coefficient (Wildman–Crippen LogP) is 12.8. The minimum Gasteiger partial charge on any atom is -0.500 e. The third kappa shape index (κ3) is 7.82. The molecule has 0 bridgehead atoms. The second-order valence-corrected chi connectivity index (χ2v) is 15.2. The maximum atomic E-state index is 10.1. The molecule has 0 spiro atoms. The number of hydrogen-bond acceptors (Lipinski definition) is 4. The molecular weight excluding hydrogens is 839 g/mol. The fraction of sp³-hybridized carbons (Fsp3) is 0.163. The van der Waals surface area contributed by atoms with Gasteiger partial charge in [-0.3, -0.25) is 0 Å². The summed E-state index contributed by atoms with van der Waals surface area (Å²) in [6.07, 6.45) is 3.74. The molecule has 4 nitrogen and oxygen atoms in total. The number of benzene rings is 5. The Hall–Kier alpha value is -5.66. The van der Waals surface area contributed by atoms with E-state index in [0.717, 1.165) is 66.7 Å². The van der Waals surface area contributed by atoms with E-state index in [1.807, 2.05) is 79.0 Å². The van der Waals surface area contributed by atoms with Gasteiger partial charge in [0.25, 0.3) is 0 Å². The van der Waals surface area contributed by atoms with Gasteiger partial charge < -0.3 is 14.4 Å². The van der Waals surface area contributed by atoms with Crippen molar-refractivity contribution in [3.8, 4) is 50.8 Å². The Morgan fingerprint density at radius 2 is 1.33 bits per heavy atom. The van der Waals surface area contributed by atoms with Crippen LogP contribution in [-0.4, -0.2) is 9.97 Å². The van der Waals surface area contributed by atoms with Crippen LogP contribution in [0.2, 0.25) is 0 Å². The molecule has 0 unspecified atom stereocenters. The Labute approximate surface area is 331 Å². The van der Waals surface area contributed by atoms with Crippen LogP contribution in [0.1, 0.15) is 58.2 Å². The van der Waals surface area contributed by atoms with Crippen molar-refractivity contribution in [2.75, 3.05) is 0 Å². The number of furan rings is 1. The zero-order valence-corrected chi connectivity index (χ0v) is 33.8. The molecule has 8 aromatic rings. The van der Waals surface area contributed by atoms with Crippen LogP contribution in [0.15, 0.2) is 144 Å². The van der Waals surface area contributed by atoms with Crippen LogP contribution < -0.4 is 0 Å². The van der Waals surface area contributed by atoms with Crippen LogP contribution in [0.3, 0.4) is 0 Å². The van der Waals surface area contributed by atoms with Gasteiger partial charge >= 0.3 is 0 Å². The Bertz CT molecular complexity index is 2540. The van der Waals surface area contributed by atoms with Crippen LogP contribution in [0, 0.1) is 23.5 Å². The van der Waals surface area contributed by atoms with Crippen molar-refractivity contribution in [2.45, 2.75) is 52.4 Å². The number of rotatable bonds is 4. The molecule has 5 heteroatoms. The number of pyridine rings is 2. The maximum Gasteiger partial charge on any atom is 0.130 e. The third-order valence-corrected chi connectivity index (χ3v) is 9.46. The number of aromatic nitrogens is 2. The molecule has 8 rings (SSSR count). The van der Waals surface area contributed by atoms with E-state index >= 15 is 0 Å². The third-order valence-electron chi connectivity index (χ3n) is 9.46. The molecule has 5 aromatic carbocycles. The van der Waals surface area contributed by atoms with Gasteiger partial charge in [-0.05, 0) is 56.6 Å². The van der Waals surface area contributed by atoms with E-state index in [9.17, 15) is 5.26 Å². The molecule has 0 saturated carbocycles. The number of nitriles is 1. The standard InChI is InChI=1S/C34H25N2O.C15H16N.Ir/c1-34(2,3)28-19-18-26(29-11-7-8-20-36-29)32-31(28)27-17-16-25(21-35)30(33(27)37-32)24-14-12-23(13-15-24)22-9-5-4-6-10-22;1-15(2,3)13-9-10-14(16-11-13)12-7-5-4-6-8-12;/h4-17,19-20H,1-3H3;4-7,9-11H,1-3H3;/q2*-1;. The predicted molar refractivity (Wildman–Crippen MR) is 217 cm³/mol. The van der Waals surface area contributed by atoms with Gasteiger partial charge in [0.1, 0.15) is 5.58 Å². The SMILES string of the molecule is CC(C)(C)c1c[c-]c(-c2ccccn2)c2oc3c(-c4ccc(-c5ccccc5)cc4)c(C#N)ccc3c12.CC(C)(C)c1ccc(-c2[c-]cccc2)nc1.[Ir]. The normalized spacial score (nSPS) is 11.4. The van der Waals surface area contributed by atoms with Gasteiger partial charge in [0.05, 0.1) is 17.2 Å². The molecule has 0 aliphatic rings. The van der Waals surface area contributed by atoms with E-state index < -0.39 is 0 Å². The molecule has 0 amide bonds. The van der Waals surface area contributed by atoms with Crippen molar-refractivity contribution in [3.63, 3.8) is 0 Å². The Morgan fingerprint density at radius 1 is 0.630 bits per heavy atom. The number of fused-ring (bicyclic) bond motifs is 3. The summed E-state index contributed by atoms with van der Waals surface area (Å²) in [5.41, 5.74) is 12.2. The van der Waals surface area contributed by atoms with Gasteiger partial charge in [-0.1, -0.05) is 137 Å². The van der Waals surface area contributed by atoms with Crippen molar-refractivity contribution < 1.29 is 24.5 Å². The van der Waals surface area contributed by atoms with E-state index in [1.165, 1.54) is 5.56 Å². The minimum absolute atomic E-state index is 0. The van der Waals surface area contributed by atoms with Crippen molar-refractivity contribution in [1.82, 2.24) is 9.97 Å². The van der Waals surface area contributed by atoms with Crippen molar-refractivity contribution in [2.24, 2.45) is 0 Å². The second-order valence-electron chi connectivity index (χ2n) is 15.2. The largest absolute Gasteiger partial charge is 0.500 e. The quantitative estimate of drug-likeness (QED) is 0.165. The van der Waals surface area contributed by atoms with Crippen LogP contribution in [0.25, 0.3) is 66.7 Å². The first-order valence-electron chi connectivity index (χ1n) is 17.9. The molecular formula is C49H41IrN3O-2. The fourth-order valence-corrected chi connectivity index (χ4v) is 6.57. The molecule has 0 saturated heterocycles. The van der Waals surface area contributed by atoms with Crippen LogP contribution in [0.5, 0.6) is 0 Å². The maximum absolute atomic E-state index is 10.1. The molecule has 54 heavy (non-hydrogen) atoms. The minimum atomic E-state index is -0.125. The summed E-state index contributed by atoms with van der Waals surface area (Å²) < 4.78 is 6.69. The molecule has 1 radical (unpaired) electrons. The molecule has 3 heterocycles. The summed E-state index contributed by atoms with van der Waals surface area (Å²) in [7, 11) is 0. The summed E-state index contributed by atoms with van der Waals surface area (Å²) >= 11 is 0. The molecule has 3 aromatic heterocycles. The average Bonchev–Trinajstić information content (AvgIpc) is 3.57. The topological polar surface area (TPSA) is 62.7 Å². The first kappa shape index (κ1) is 38.1. The first-order valence-corrected chi connectivity index (χ1v) is 17.9. The molecule has 0 fully saturated rings. The fourth-order valence-electron chi connectivity index (χ4n) is 6.57. The zero-order valence-electron chi connectivity index (χ0n) is 31.4. The van der Waals surface area contributed by atoms with Crippen LogP contribution in [-0.2, 0) is 30.9 Å². The van der Waals surface area contributed by atoms with Gasteiger partial charge in [0, 0.05) is 43.4 Å². The summed E-state index contributed by atoms with van der Waals surface area (Å²) in [5, 5.41) is 12.1. The van der Waals surface area contributed by atoms with Gasteiger partial charge in [0.15, 0.2) is 0 Å². The Kier molecular flexibility index (Phi) is 11.1. The van der Waals surface area contributed by atoms with Crippen LogP contribution in [0.4, 0.5) is 0 Å². The molecule has 0 aliphatic heterocycles. The summed E-state index contributed by atoms with van der Waals surface area (Å²) in [5.74, 6) is 0. The van der Waals surface area contributed by atoms with Crippen molar-refractivity contribution in [3.05, 3.63) is 169 Å². The number of nitrogens with zero attached hydrogens (tertiary/aromatic N) is 3. The van der Waals surface area contributed by atoms with Crippen molar-refractivity contribution >= 4 is 21.9 Å². The smallest absolute Gasteiger partial charge is 0.130 e. The first-order chi connectivity index (χ1) is 25.5. The van der Waals surface area contributed by atoms with Gasteiger partial charge in [0.2, 0.25) is 0 Å². The molecule has 0 N–H and O–H groups in total. The Morgan fingerprint density at radius 3 is 1.94 bits per heavy atom. The summed E-state index contributed by atoms with van der Waals surface area (Å²) in [6, 6.07) is 51.6. The van der Waals surface area contributed by atoms with E-state index in [4.69, 9.17) is 4.42 Å². The van der Waals surface area contributed by atoms with Gasteiger partial charge in [-0.2, -0.15) is 5.26 Å². The Balaban J connectivity index is 0.000000246. The molecule has 269 valence electrons. The average molecular weight is 880 g/mol. The van der Waals surface area contributed by atoms with Gasteiger partial charge in [-0.25, -0.2) is 0 Å². The zero-order chi connectivity index (χ0) is 37.2. The summed E-state index contributed by atoms with van der Waals surface area (Å²) in [6.45, 7) is 13.2.